The fraction of sp³-hybridized carbons (Fsp3) is 1.00. The van der Waals surface area contributed by atoms with Crippen LogP contribution in [0.1, 0.15) is 12.8 Å². The van der Waals surface area contributed by atoms with Crippen LogP contribution in [0, 0.1) is 5.92 Å². The second-order valence-electron chi connectivity index (χ2n) is 3.41. The Labute approximate surface area is 55.5 Å². The summed E-state index contributed by atoms with van der Waals surface area (Å²) in [6.07, 6.45) is 2.26. The van der Waals surface area contributed by atoms with Crippen molar-refractivity contribution in [1.29, 1.82) is 0 Å². The van der Waals surface area contributed by atoms with E-state index >= 15 is 0 Å². The van der Waals surface area contributed by atoms with Crippen molar-refractivity contribution in [2.75, 3.05) is 13.6 Å². The first-order valence-corrected chi connectivity index (χ1v) is 3.65. The van der Waals surface area contributed by atoms with E-state index in [-0.39, 0.29) is 6.10 Å². The molecule has 1 N–H and O–H groups in total. The van der Waals surface area contributed by atoms with Crippen molar-refractivity contribution in [3.63, 3.8) is 0 Å². The maximum Gasteiger partial charge on any atom is 0.0698 e. The largest absolute Gasteiger partial charge is 0.391 e. The molecule has 2 rings (SSSR count). The van der Waals surface area contributed by atoms with E-state index in [2.05, 4.69) is 11.9 Å². The van der Waals surface area contributed by atoms with Crippen molar-refractivity contribution >= 4 is 0 Å². The quantitative estimate of drug-likeness (QED) is 0.498. The van der Waals surface area contributed by atoms with Gasteiger partial charge < -0.3 is 10.0 Å². The molecule has 0 aromatic carbocycles. The Balaban J connectivity index is 2.13. The Kier molecular flexibility index (Phi) is 1.08. The maximum absolute atomic E-state index is 9.35. The monoisotopic (exact) mass is 127 g/mol. The van der Waals surface area contributed by atoms with Crippen LogP contribution in [0.15, 0.2) is 0 Å². The van der Waals surface area contributed by atoms with Crippen molar-refractivity contribution in [3.8, 4) is 0 Å². The van der Waals surface area contributed by atoms with Crippen LogP contribution in [-0.2, 0) is 0 Å². The smallest absolute Gasteiger partial charge is 0.0698 e. The van der Waals surface area contributed by atoms with E-state index < -0.39 is 0 Å². The van der Waals surface area contributed by atoms with Crippen molar-refractivity contribution in [1.82, 2.24) is 4.90 Å². The summed E-state index contributed by atoms with van der Waals surface area (Å²) in [5, 5.41) is 9.35. The fourth-order valence-electron chi connectivity index (χ4n) is 2.26. The molecular formula is C7H13NO. The highest BCUT2D eigenvalue weighted by Gasteiger charge is 2.41. The lowest BCUT2D eigenvalue weighted by Crippen LogP contribution is -2.37. The summed E-state index contributed by atoms with van der Waals surface area (Å²) in [7, 11) is 2.10. The summed E-state index contributed by atoms with van der Waals surface area (Å²) in [6, 6.07) is 0.495. The van der Waals surface area contributed by atoms with Crippen molar-refractivity contribution in [2.24, 2.45) is 5.92 Å². The number of rotatable bonds is 0. The van der Waals surface area contributed by atoms with Crippen LogP contribution in [0.3, 0.4) is 0 Å². The van der Waals surface area contributed by atoms with Crippen molar-refractivity contribution < 1.29 is 5.11 Å². The molecule has 0 aromatic rings. The summed E-state index contributed by atoms with van der Waals surface area (Å²) in [6.45, 7) is 1.21. The van der Waals surface area contributed by atoms with E-state index in [4.69, 9.17) is 0 Å². The number of likely N-dealkylation sites (N-methyl/N-ethyl adjacent to an activating group) is 1. The van der Waals surface area contributed by atoms with Gasteiger partial charge in [-0.25, -0.2) is 0 Å². The molecule has 2 fully saturated rings. The molecule has 1 aliphatic carbocycles. The van der Waals surface area contributed by atoms with Gasteiger partial charge in [0.15, 0.2) is 0 Å². The molecule has 2 aliphatic rings. The number of likely N-dealkylation sites (tertiary alicyclic amines) is 1. The highest BCUT2D eigenvalue weighted by Crippen LogP contribution is 2.36. The Morgan fingerprint density at radius 1 is 1.44 bits per heavy atom. The molecule has 2 nitrogen and oxygen atoms in total. The molecule has 0 amide bonds. The molecule has 0 radical (unpaired) electrons. The minimum absolute atomic E-state index is 0.0197. The Bertz CT molecular complexity index is 114. The van der Waals surface area contributed by atoms with Gasteiger partial charge in [-0.15, -0.1) is 0 Å². The minimum atomic E-state index is -0.0197. The molecule has 2 bridgehead atoms. The van der Waals surface area contributed by atoms with Gasteiger partial charge in [0.05, 0.1) is 6.10 Å². The van der Waals surface area contributed by atoms with E-state index in [9.17, 15) is 5.11 Å². The molecule has 1 saturated heterocycles. The molecule has 2 heteroatoms. The lowest BCUT2D eigenvalue weighted by molar-refractivity contribution is 0.0714. The van der Waals surface area contributed by atoms with E-state index in [0.29, 0.717) is 6.04 Å². The maximum atomic E-state index is 9.35. The van der Waals surface area contributed by atoms with E-state index in [1.165, 1.54) is 13.0 Å². The van der Waals surface area contributed by atoms with Gasteiger partial charge in [-0.3, -0.25) is 0 Å². The second kappa shape index (κ2) is 1.70. The van der Waals surface area contributed by atoms with Gasteiger partial charge in [0.1, 0.15) is 0 Å². The molecule has 0 spiro atoms. The lowest BCUT2D eigenvalue weighted by Gasteiger charge is -2.25. The van der Waals surface area contributed by atoms with Crippen LogP contribution in [0.25, 0.3) is 0 Å². The normalized spacial score (nSPS) is 50.7. The molecule has 9 heavy (non-hydrogen) atoms. The van der Waals surface area contributed by atoms with Crippen molar-refractivity contribution in [2.45, 2.75) is 25.0 Å². The third kappa shape index (κ3) is 0.700. The highest BCUT2D eigenvalue weighted by molar-refractivity contribution is 4.96. The Hall–Kier alpha value is -0.0800. The lowest BCUT2D eigenvalue weighted by atomic mass is 10.1. The number of aliphatic hydroxyl groups excluding tert-OH is 1. The molecule has 1 saturated carbocycles. The molecular weight excluding hydrogens is 114 g/mol. The topological polar surface area (TPSA) is 23.5 Å². The molecule has 0 aromatic heterocycles. The summed E-state index contributed by atoms with van der Waals surface area (Å²) >= 11 is 0. The Morgan fingerprint density at radius 3 is 2.56 bits per heavy atom. The molecule has 1 heterocycles. The number of fused-ring (bicyclic) bond motifs is 2. The Morgan fingerprint density at radius 2 is 2.22 bits per heavy atom. The zero-order valence-electron chi connectivity index (χ0n) is 5.75. The highest BCUT2D eigenvalue weighted by atomic mass is 16.3. The standard InChI is InChI=1S/C7H13NO/c1-8-4-5-2-6(8)7(9)3-5/h5-7,9H,2-4H2,1H3/t5-,6+,7+/m0/s1. The SMILES string of the molecule is CN1C[C@@H]2C[C@@H](O)[C@H]1C2. The van der Waals surface area contributed by atoms with Gasteiger partial charge in [-0.2, -0.15) is 0 Å². The van der Waals surface area contributed by atoms with Crippen LogP contribution >= 0.6 is 0 Å². The van der Waals surface area contributed by atoms with Gasteiger partial charge in [-0.1, -0.05) is 0 Å². The predicted molar refractivity (Wildman–Crippen MR) is 35.1 cm³/mol. The number of aliphatic hydroxyl groups is 1. The minimum Gasteiger partial charge on any atom is -0.391 e. The van der Waals surface area contributed by atoms with Crippen LogP contribution in [0.5, 0.6) is 0 Å². The van der Waals surface area contributed by atoms with Gasteiger partial charge in [0.2, 0.25) is 0 Å². The predicted octanol–water partition coefficient (Wildman–Crippen LogP) is 0.0713. The van der Waals surface area contributed by atoms with Gasteiger partial charge in [-0.05, 0) is 25.8 Å². The van der Waals surface area contributed by atoms with Gasteiger partial charge in [0.25, 0.3) is 0 Å². The van der Waals surface area contributed by atoms with Crippen molar-refractivity contribution in [3.05, 3.63) is 0 Å². The second-order valence-corrected chi connectivity index (χ2v) is 3.41. The van der Waals surface area contributed by atoms with Gasteiger partial charge >= 0.3 is 0 Å². The zero-order valence-corrected chi connectivity index (χ0v) is 5.75. The summed E-state index contributed by atoms with van der Waals surface area (Å²) in [5.41, 5.74) is 0. The number of piperidine rings is 1. The summed E-state index contributed by atoms with van der Waals surface area (Å²) in [5.74, 6) is 0.801. The molecule has 52 valence electrons. The fourth-order valence-corrected chi connectivity index (χ4v) is 2.26. The summed E-state index contributed by atoms with van der Waals surface area (Å²) in [4.78, 5) is 2.28. The molecule has 0 unspecified atom stereocenters. The van der Waals surface area contributed by atoms with Gasteiger partial charge in [0, 0.05) is 12.6 Å². The van der Waals surface area contributed by atoms with Crippen LogP contribution in [-0.4, -0.2) is 35.7 Å². The van der Waals surface area contributed by atoms with E-state index in [1.807, 2.05) is 0 Å². The van der Waals surface area contributed by atoms with Crippen LogP contribution in [0.2, 0.25) is 0 Å². The third-order valence-electron chi connectivity index (χ3n) is 2.71. The third-order valence-corrected chi connectivity index (χ3v) is 2.71. The first kappa shape index (κ1) is 5.69. The number of nitrogens with zero attached hydrogens (tertiary/aromatic N) is 1. The van der Waals surface area contributed by atoms with Crippen LogP contribution < -0.4 is 0 Å². The first-order valence-electron chi connectivity index (χ1n) is 3.65. The van der Waals surface area contributed by atoms with E-state index in [1.54, 1.807) is 0 Å². The molecule has 3 atom stereocenters. The van der Waals surface area contributed by atoms with E-state index in [0.717, 1.165) is 12.3 Å². The number of hydrogen-bond donors (Lipinski definition) is 1. The first-order chi connectivity index (χ1) is 4.27. The summed E-state index contributed by atoms with van der Waals surface area (Å²) < 4.78 is 0. The van der Waals surface area contributed by atoms with Crippen LogP contribution in [0.4, 0.5) is 0 Å². The average molecular weight is 127 g/mol. The molecule has 1 aliphatic heterocycles. The zero-order chi connectivity index (χ0) is 6.43. The average Bonchev–Trinajstić information content (AvgIpc) is 2.22. The number of hydrogen-bond acceptors (Lipinski definition) is 2.